The molecule has 2 unspecified atom stereocenters. The lowest BCUT2D eigenvalue weighted by Gasteiger charge is -2.29. The number of hydrogen-bond donors (Lipinski definition) is 0. The Hall–Kier alpha value is -2.14. The topological polar surface area (TPSA) is 27.7 Å². The van der Waals surface area contributed by atoms with Gasteiger partial charge in [-0.1, -0.05) is 50.5 Å². The quantitative estimate of drug-likeness (QED) is 0.398. The lowest BCUT2D eigenvalue weighted by atomic mass is 9.90. The molecule has 0 saturated carbocycles. The molecular weight excluding hydrogens is 386 g/mol. The van der Waals surface area contributed by atoms with Crippen LogP contribution < -0.4 is 9.47 Å². The summed E-state index contributed by atoms with van der Waals surface area (Å²) in [4.78, 5) is 0. The van der Waals surface area contributed by atoms with E-state index in [4.69, 9.17) is 14.2 Å². The average molecular weight is 419 g/mol. The fourth-order valence-corrected chi connectivity index (χ4v) is 3.86. The minimum atomic E-state index is -1.02. The smallest absolute Gasteiger partial charge is 0.204 e. The number of unbranched alkanes of at least 4 members (excludes halogenated alkanes) is 2. The van der Waals surface area contributed by atoms with Crippen molar-refractivity contribution in [3.8, 4) is 11.5 Å². The molecule has 0 aliphatic carbocycles. The van der Waals surface area contributed by atoms with Gasteiger partial charge in [0, 0.05) is 5.92 Å². The molecule has 1 aliphatic heterocycles. The summed E-state index contributed by atoms with van der Waals surface area (Å²) in [5, 5.41) is 0. The van der Waals surface area contributed by atoms with E-state index in [2.05, 4.69) is 19.1 Å². The molecule has 0 bridgehead atoms. The van der Waals surface area contributed by atoms with Gasteiger partial charge >= 0.3 is 0 Å². The third-order valence-electron chi connectivity index (χ3n) is 5.66. The highest BCUT2D eigenvalue weighted by Gasteiger charge is 2.22. The molecule has 1 aliphatic rings. The van der Waals surface area contributed by atoms with E-state index in [1.54, 1.807) is 6.92 Å². The summed E-state index contributed by atoms with van der Waals surface area (Å²) in [5.41, 5.74) is 2.16. The lowest BCUT2D eigenvalue weighted by molar-refractivity contribution is -0.00208. The van der Waals surface area contributed by atoms with Crippen LogP contribution in [0.5, 0.6) is 11.5 Å². The zero-order valence-corrected chi connectivity index (χ0v) is 18.0. The molecule has 0 N–H and O–H groups in total. The monoisotopic (exact) mass is 418 g/mol. The summed E-state index contributed by atoms with van der Waals surface area (Å²) in [6.45, 7) is 5.15. The zero-order chi connectivity index (χ0) is 21.3. The molecule has 1 fully saturated rings. The Balaban J connectivity index is 1.50. The van der Waals surface area contributed by atoms with Crippen molar-refractivity contribution < 1.29 is 23.0 Å². The van der Waals surface area contributed by atoms with Crippen LogP contribution in [0.1, 0.15) is 69.4 Å². The molecule has 1 saturated heterocycles. The van der Waals surface area contributed by atoms with E-state index in [9.17, 15) is 8.78 Å². The SMILES string of the molecule is CCCCCC1CCC(c2ccc(COc3ccc(OCC)c(F)c3F)cc2)CO1. The molecule has 0 radical (unpaired) electrons. The van der Waals surface area contributed by atoms with E-state index in [-0.39, 0.29) is 24.7 Å². The van der Waals surface area contributed by atoms with Crippen LogP contribution in [0.15, 0.2) is 36.4 Å². The Morgan fingerprint density at radius 1 is 0.900 bits per heavy atom. The molecule has 3 rings (SSSR count). The molecule has 2 aromatic rings. The summed E-state index contributed by atoms with van der Waals surface area (Å²) in [7, 11) is 0. The molecular formula is C25H32F2O3. The van der Waals surface area contributed by atoms with Gasteiger partial charge in [0.25, 0.3) is 0 Å². The van der Waals surface area contributed by atoms with Crippen LogP contribution in [0, 0.1) is 11.6 Å². The summed E-state index contributed by atoms with van der Waals surface area (Å²) >= 11 is 0. The maximum absolute atomic E-state index is 14.1. The van der Waals surface area contributed by atoms with Crippen LogP contribution in [0.3, 0.4) is 0 Å². The predicted molar refractivity (Wildman–Crippen MR) is 114 cm³/mol. The minimum Gasteiger partial charge on any atom is -0.491 e. The molecule has 30 heavy (non-hydrogen) atoms. The first-order chi connectivity index (χ1) is 14.6. The third kappa shape index (κ3) is 5.94. The fourth-order valence-electron chi connectivity index (χ4n) is 3.86. The van der Waals surface area contributed by atoms with Crippen molar-refractivity contribution in [1.29, 1.82) is 0 Å². The van der Waals surface area contributed by atoms with Gasteiger partial charge in [0.1, 0.15) is 6.61 Å². The normalized spacial score (nSPS) is 18.9. The summed E-state index contributed by atoms with van der Waals surface area (Å²) in [6, 6.07) is 10.9. The van der Waals surface area contributed by atoms with Crippen molar-refractivity contribution in [2.24, 2.45) is 0 Å². The van der Waals surface area contributed by atoms with Gasteiger partial charge in [-0.05, 0) is 49.4 Å². The van der Waals surface area contributed by atoms with Crippen LogP contribution in [0.4, 0.5) is 8.78 Å². The van der Waals surface area contributed by atoms with Gasteiger partial charge in [0.05, 0.1) is 19.3 Å². The van der Waals surface area contributed by atoms with Gasteiger partial charge in [-0.3, -0.25) is 0 Å². The Labute approximate surface area is 178 Å². The zero-order valence-electron chi connectivity index (χ0n) is 18.0. The second-order valence-electron chi connectivity index (χ2n) is 7.88. The maximum atomic E-state index is 14.1. The van der Waals surface area contributed by atoms with Gasteiger partial charge in [0.15, 0.2) is 11.5 Å². The molecule has 3 nitrogen and oxygen atoms in total. The lowest BCUT2D eigenvalue weighted by Crippen LogP contribution is -2.24. The number of halogens is 2. The van der Waals surface area contributed by atoms with Gasteiger partial charge in [-0.15, -0.1) is 0 Å². The summed E-state index contributed by atoms with van der Waals surface area (Å²) < 4.78 is 44.7. The molecule has 2 atom stereocenters. The number of hydrogen-bond acceptors (Lipinski definition) is 3. The van der Waals surface area contributed by atoms with Crippen molar-refractivity contribution in [2.75, 3.05) is 13.2 Å². The van der Waals surface area contributed by atoms with E-state index >= 15 is 0 Å². The second-order valence-corrected chi connectivity index (χ2v) is 7.88. The molecule has 1 heterocycles. The highest BCUT2D eigenvalue weighted by Crippen LogP contribution is 2.31. The second kappa shape index (κ2) is 11.3. The van der Waals surface area contributed by atoms with Gasteiger partial charge in [-0.25, -0.2) is 0 Å². The van der Waals surface area contributed by atoms with E-state index < -0.39 is 11.6 Å². The third-order valence-corrected chi connectivity index (χ3v) is 5.66. The van der Waals surface area contributed by atoms with Crippen LogP contribution in [-0.2, 0) is 11.3 Å². The highest BCUT2D eigenvalue weighted by molar-refractivity contribution is 5.35. The van der Waals surface area contributed by atoms with Gasteiger partial charge in [-0.2, -0.15) is 8.78 Å². The van der Waals surface area contributed by atoms with Crippen LogP contribution in [-0.4, -0.2) is 19.3 Å². The first-order valence-electron chi connectivity index (χ1n) is 11.1. The maximum Gasteiger partial charge on any atom is 0.204 e. The number of benzene rings is 2. The van der Waals surface area contributed by atoms with Crippen LogP contribution in [0.2, 0.25) is 0 Å². The average Bonchev–Trinajstić information content (AvgIpc) is 2.78. The highest BCUT2D eigenvalue weighted by atomic mass is 19.2. The molecule has 0 aromatic heterocycles. The van der Waals surface area contributed by atoms with Crippen LogP contribution >= 0.6 is 0 Å². The standard InChI is InChI=1S/C25H32F2O3/c1-3-5-6-7-21-13-12-20(17-29-21)19-10-8-18(9-11-19)16-30-23-15-14-22(28-4-2)24(26)25(23)27/h8-11,14-15,20-21H,3-7,12-13,16-17H2,1-2H3. The molecule has 2 aromatic carbocycles. The molecule has 0 amide bonds. The Kier molecular flexibility index (Phi) is 8.50. The Bertz CT molecular complexity index is 784. The van der Waals surface area contributed by atoms with Crippen molar-refractivity contribution in [3.63, 3.8) is 0 Å². The summed E-state index contributed by atoms with van der Waals surface area (Å²) in [5.74, 6) is -1.84. The first-order valence-corrected chi connectivity index (χ1v) is 11.1. The first kappa shape index (κ1) is 22.5. The number of ether oxygens (including phenoxy) is 3. The molecule has 164 valence electrons. The van der Waals surface area contributed by atoms with Crippen molar-refractivity contribution in [1.82, 2.24) is 0 Å². The largest absolute Gasteiger partial charge is 0.491 e. The van der Waals surface area contributed by atoms with E-state index in [1.807, 2.05) is 12.1 Å². The van der Waals surface area contributed by atoms with Crippen molar-refractivity contribution in [3.05, 3.63) is 59.2 Å². The van der Waals surface area contributed by atoms with Crippen LogP contribution in [0.25, 0.3) is 0 Å². The summed E-state index contributed by atoms with van der Waals surface area (Å²) in [6.07, 6.45) is 7.60. The minimum absolute atomic E-state index is 0.103. The van der Waals surface area contributed by atoms with Gasteiger partial charge < -0.3 is 14.2 Å². The molecule has 5 heteroatoms. The molecule has 0 spiro atoms. The van der Waals surface area contributed by atoms with Crippen molar-refractivity contribution >= 4 is 0 Å². The van der Waals surface area contributed by atoms with Crippen molar-refractivity contribution in [2.45, 2.75) is 71.0 Å². The van der Waals surface area contributed by atoms with Gasteiger partial charge in [0.2, 0.25) is 11.6 Å². The Morgan fingerprint density at radius 3 is 2.20 bits per heavy atom. The van der Waals surface area contributed by atoms with E-state index in [0.29, 0.717) is 12.0 Å². The van der Waals surface area contributed by atoms with E-state index in [1.165, 1.54) is 43.4 Å². The Morgan fingerprint density at radius 2 is 1.60 bits per heavy atom. The predicted octanol–water partition coefficient (Wildman–Crippen LogP) is 6.79. The van der Waals surface area contributed by atoms with E-state index in [0.717, 1.165) is 25.0 Å². The number of rotatable bonds is 10. The fraction of sp³-hybridized carbons (Fsp3) is 0.520.